The fraction of sp³-hybridized carbons (Fsp3) is 0.533. The number of hydrogen-bond acceptors (Lipinski definition) is 4. The van der Waals surface area contributed by atoms with Gasteiger partial charge in [0.1, 0.15) is 5.60 Å². The Bertz CT molecular complexity index is 1170. The number of likely N-dealkylation sites (tertiary alicyclic amines) is 1. The number of anilines is 2. The van der Waals surface area contributed by atoms with Gasteiger partial charge in [0.15, 0.2) is 0 Å². The van der Waals surface area contributed by atoms with Crippen molar-refractivity contribution in [3.8, 4) is 0 Å². The van der Waals surface area contributed by atoms with E-state index in [0.717, 1.165) is 30.2 Å². The number of alkyl halides is 3. The van der Waals surface area contributed by atoms with Crippen molar-refractivity contribution in [1.82, 2.24) is 4.90 Å². The number of carbonyl (C=O) groups is 2. The summed E-state index contributed by atoms with van der Waals surface area (Å²) in [6.45, 7) is 7.15. The summed E-state index contributed by atoms with van der Waals surface area (Å²) in [4.78, 5) is 28.4. The predicted octanol–water partition coefficient (Wildman–Crippen LogP) is 7.70. The molecule has 1 heterocycles. The van der Waals surface area contributed by atoms with Gasteiger partial charge in [-0.2, -0.15) is 13.2 Å². The number of amides is 2. The third-order valence-corrected chi connectivity index (χ3v) is 7.38. The van der Waals surface area contributed by atoms with Gasteiger partial charge in [-0.3, -0.25) is 4.79 Å². The van der Waals surface area contributed by atoms with Crippen LogP contribution >= 0.6 is 0 Å². The zero-order valence-electron chi connectivity index (χ0n) is 23.0. The van der Waals surface area contributed by atoms with Crippen molar-refractivity contribution in [1.29, 1.82) is 0 Å². The van der Waals surface area contributed by atoms with Crippen molar-refractivity contribution in [2.75, 3.05) is 17.2 Å². The average molecular weight is 546 g/mol. The Morgan fingerprint density at radius 3 is 2.18 bits per heavy atom. The molecule has 2 amide bonds. The van der Waals surface area contributed by atoms with E-state index < -0.39 is 41.3 Å². The van der Waals surface area contributed by atoms with E-state index in [1.54, 1.807) is 25.7 Å². The second-order valence-corrected chi connectivity index (χ2v) is 11.6. The molecule has 212 valence electrons. The smallest absolute Gasteiger partial charge is 0.416 e. The summed E-state index contributed by atoms with van der Waals surface area (Å²) in [6, 6.07) is 11.3. The van der Waals surface area contributed by atoms with E-state index in [1.807, 2.05) is 24.3 Å². The molecule has 2 fully saturated rings. The molecule has 1 saturated carbocycles. The molecule has 2 N–H and O–H groups in total. The number of aryl methyl sites for hydroxylation is 1. The Morgan fingerprint density at radius 1 is 0.923 bits per heavy atom. The highest BCUT2D eigenvalue weighted by molar-refractivity contribution is 5.93. The summed E-state index contributed by atoms with van der Waals surface area (Å²) in [7, 11) is 0. The maximum absolute atomic E-state index is 13.6. The minimum atomic E-state index is -4.53. The molecule has 2 aliphatic rings. The van der Waals surface area contributed by atoms with Gasteiger partial charge in [-0.25, -0.2) is 4.79 Å². The fourth-order valence-corrected chi connectivity index (χ4v) is 5.53. The molecule has 1 aliphatic carbocycles. The molecular weight excluding hydrogens is 507 g/mol. The molecule has 0 spiro atoms. The van der Waals surface area contributed by atoms with Crippen LogP contribution in [0.15, 0.2) is 42.5 Å². The van der Waals surface area contributed by atoms with E-state index in [1.165, 1.54) is 31.9 Å². The molecule has 0 unspecified atom stereocenters. The zero-order valence-corrected chi connectivity index (χ0v) is 23.0. The van der Waals surface area contributed by atoms with Crippen molar-refractivity contribution >= 4 is 23.4 Å². The third kappa shape index (κ3) is 7.25. The third-order valence-electron chi connectivity index (χ3n) is 7.38. The van der Waals surface area contributed by atoms with Gasteiger partial charge >= 0.3 is 12.3 Å². The lowest BCUT2D eigenvalue weighted by Gasteiger charge is -2.41. The summed E-state index contributed by atoms with van der Waals surface area (Å²) in [5, 5.41) is 6.24. The van der Waals surface area contributed by atoms with E-state index in [0.29, 0.717) is 25.4 Å². The highest BCUT2D eigenvalue weighted by atomic mass is 19.4. The number of rotatable bonds is 5. The lowest BCUT2D eigenvalue weighted by Crippen LogP contribution is -2.48. The van der Waals surface area contributed by atoms with Crippen LogP contribution in [0.2, 0.25) is 0 Å². The van der Waals surface area contributed by atoms with Gasteiger partial charge in [0.05, 0.1) is 17.5 Å². The van der Waals surface area contributed by atoms with Gasteiger partial charge in [-0.1, -0.05) is 31.0 Å². The molecule has 2 atom stereocenters. The van der Waals surface area contributed by atoms with Crippen molar-refractivity contribution in [2.24, 2.45) is 5.92 Å². The van der Waals surface area contributed by atoms with Gasteiger partial charge in [-0.15, -0.1) is 0 Å². The molecule has 0 radical (unpaired) electrons. The van der Waals surface area contributed by atoms with Crippen molar-refractivity contribution in [2.45, 2.75) is 90.1 Å². The van der Waals surface area contributed by atoms with E-state index in [9.17, 15) is 22.8 Å². The topological polar surface area (TPSA) is 70.7 Å². The van der Waals surface area contributed by atoms with Crippen LogP contribution < -0.4 is 10.6 Å². The number of ether oxygens (including phenoxy) is 1. The quantitative estimate of drug-likeness (QED) is 0.404. The number of piperidine rings is 1. The summed E-state index contributed by atoms with van der Waals surface area (Å²) in [5.41, 5.74) is 0.395. The molecular formula is C30H38F3N3O3. The number of carbonyl (C=O) groups excluding carboxylic acids is 2. The number of benzene rings is 2. The summed E-state index contributed by atoms with van der Waals surface area (Å²) < 4.78 is 46.1. The first-order valence-electron chi connectivity index (χ1n) is 13.7. The van der Waals surface area contributed by atoms with Crippen molar-refractivity contribution in [3.63, 3.8) is 0 Å². The largest absolute Gasteiger partial charge is 0.444 e. The van der Waals surface area contributed by atoms with Gasteiger partial charge in [0, 0.05) is 24.0 Å². The van der Waals surface area contributed by atoms with Gasteiger partial charge in [-0.05, 0) is 88.8 Å². The first-order chi connectivity index (χ1) is 18.3. The van der Waals surface area contributed by atoms with E-state index in [2.05, 4.69) is 10.6 Å². The highest BCUT2D eigenvalue weighted by Gasteiger charge is 2.41. The minimum Gasteiger partial charge on any atom is -0.444 e. The Kier molecular flexibility index (Phi) is 8.47. The molecule has 1 aliphatic heterocycles. The van der Waals surface area contributed by atoms with Crippen LogP contribution in [-0.2, 0) is 15.7 Å². The fourth-order valence-electron chi connectivity index (χ4n) is 5.53. The number of nitrogens with zero attached hydrogens (tertiary/aromatic N) is 1. The van der Waals surface area contributed by atoms with Gasteiger partial charge in [0.2, 0.25) is 5.91 Å². The molecule has 2 aromatic rings. The van der Waals surface area contributed by atoms with Crippen LogP contribution in [0, 0.1) is 12.8 Å². The van der Waals surface area contributed by atoms with Crippen molar-refractivity contribution in [3.05, 3.63) is 59.2 Å². The maximum Gasteiger partial charge on any atom is 0.416 e. The molecule has 0 bridgehead atoms. The number of nitrogens with one attached hydrogen (secondary N) is 2. The molecule has 0 aromatic heterocycles. The lowest BCUT2D eigenvalue weighted by molar-refractivity contribution is -0.138. The summed E-state index contributed by atoms with van der Waals surface area (Å²) in [6.07, 6.45) is 0.693. The highest BCUT2D eigenvalue weighted by Crippen LogP contribution is 2.39. The Morgan fingerprint density at radius 2 is 1.56 bits per heavy atom. The zero-order chi connectivity index (χ0) is 28.4. The molecule has 1 saturated heterocycles. The average Bonchev–Trinajstić information content (AvgIpc) is 3.36. The van der Waals surface area contributed by atoms with Crippen molar-refractivity contribution < 1.29 is 27.5 Å². The predicted molar refractivity (Wildman–Crippen MR) is 146 cm³/mol. The SMILES string of the molecule is Cc1ccc(NC(=O)[C@H]2CCCN(C(=O)OC(C)(C)C)[C@H]2c2ccc(NC3CCCC3)cc2)cc1C(F)(F)F. The number of halogens is 3. The second kappa shape index (κ2) is 11.5. The Hall–Kier alpha value is -3.23. The molecule has 4 rings (SSSR count). The van der Waals surface area contributed by atoms with E-state index in [4.69, 9.17) is 4.74 Å². The van der Waals surface area contributed by atoms with E-state index in [-0.39, 0.29) is 11.3 Å². The number of hydrogen-bond donors (Lipinski definition) is 2. The van der Waals surface area contributed by atoms with E-state index >= 15 is 0 Å². The monoisotopic (exact) mass is 545 g/mol. The van der Waals surface area contributed by atoms with Gasteiger partial charge < -0.3 is 20.3 Å². The first-order valence-corrected chi connectivity index (χ1v) is 13.7. The standard InChI is InChI=1S/C30H38F3N3O3/c1-19-11-14-23(18-25(19)30(31,32)33)35-27(37)24-10-7-17-36(28(38)39-29(2,3)4)26(24)20-12-15-22(16-13-20)34-21-8-5-6-9-21/h11-16,18,21,24,26,34H,5-10,17H2,1-4H3,(H,35,37)/t24-,26-/m0/s1. The molecule has 9 heteroatoms. The summed E-state index contributed by atoms with van der Waals surface area (Å²) >= 11 is 0. The van der Waals surface area contributed by atoms with Gasteiger partial charge in [0.25, 0.3) is 0 Å². The van der Waals surface area contributed by atoms with Crippen LogP contribution in [0.25, 0.3) is 0 Å². The van der Waals surface area contributed by atoms with Crippen LogP contribution in [0.3, 0.4) is 0 Å². The second-order valence-electron chi connectivity index (χ2n) is 11.6. The minimum absolute atomic E-state index is 0.0715. The maximum atomic E-state index is 13.6. The summed E-state index contributed by atoms with van der Waals surface area (Å²) in [5.74, 6) is -1.10. The molecule has 6 nitrogen and oxygen atoms in total. The lowest BCUT2D eigenvalue weighted by atomic mass is 9.84. The Labute approximate surface area is 228 Å². The molecule has 2 aromatic carbocycles. The van der Waals surface area contributed by atoms with Crippen LogP contribution in [-0.4, -0.2) is 35.1 Å². The van der Waals surface area contributed by atoms with Crippen LogP contribution in [0.4, 0.5) is 29.3 Å². The van der Waals surface area contributed by atoms with Crippen LogP contribution in [0.1, 0.15) is 82.0 Å². The molecule has 39 heavy (non-hydrogen) atoms. The van der Waals surface area contributed by atoms with Crippen LogP contribution in [0.5, 0.6) is 0 Å². The normalized spacial score (nSPS) is 20.5. The first kappa shape index (κ1) is 28.8. The Balaban J connectivity index is 1.61.